The highest BCUT2D eigenvalue weighted by molar-refractivity contribution is 9.10. The van der Waals surface area contributed by atoms with Gasteiger partial charge >= 0.3 is 0 Å². The lowest BCUT2D eigenvalue weighted by molar-refractivity contribution is -0.132. The third-order valence-corrected chi connectivity index (χ3v) is 5.57. The number of halogens is 1. The quantitative estimate of drug-likeness (QED) is 0.400. The van der Waals surface area contributed by atoms with E-state index in [1.54, 1.807) is 7.05 Å². The summed E-state index contributed by atoms with van der Waals surface area (Å²) < 4.78 is 11.9. The molecule has 0 fully saturated rings. The molecule has 4 rings (SSSR count). The van der Waals surface area contributed by atoms with E-state index in [4.69, 9.17) is 9.26 Å². The highest BCUT2D eigenvalue weighted by Gasteiger charge is 2.16. The predicted octanol–water partition coefficient (Wildman–Crippen LogP) is 5.00. The average Bonchev–Trinajstić information content (AvgIpc) is 3.22. The molecule has 0 saturated heterocycles. The lowest BCUT2D eigenvalue weighted by atomic mass is 10.1. The Morgan fingerprint density at radius 3 is 2.67 bits per heavy atom. The molecule has 0 spiro atoms. The smallest absolute Gasteiger partial charge is 0.260 e. The topological polar surface area (TPSA) is 68.5 Å². The summed E-state index contributed by atoms with van der Waals surface area (Å²) in [5, 5.41) is 6.13. The lowest BCUT2D eigenvalue weighted by Crippen LogP contribution is -2.31. The van der Waals surface area contributed by atoms with Gasteiger partial charge in [0.25, 0.3) is 5.91 Å². The van der Waals surface area contributed by atoms with Gasteiger partial charge in [-0.2, -0.15) is 4.98 Å². The molecule has 0 radical (unpaired) electrons. The second-order valence-corrected chi connectivity index (χ2v) is 7.81. The van der Waals surface area contributed by atoms with E-state index < -0.39 is 0 Å². The van der Waals surface area contributed by atoms with Crippen LogP contribution in [0.2, 0.25) is 0 Å². The second-order valence-electron chi connectivity index (χ2n) is 7.02. The van der Waals surface area contributed by atoms with Crippen molar-refractivity contribution in [2.45, 2.75) is 13.5 Å². The number of nitrogens with zero attached hydrogens (tertiary/aromatic N) is 3. The summed E-state index contributed by atoms with van der Waals surface area (Å²) >= 11 is 3.57. The van der Waals surface area contributed by atoms with Gasteiger partial charge in [0.05, 0.1) is 11.0 Å². The van der Waals surface area contributed by atoms with Gasteiger partial charge in [-0.15, -0.1) is 0 Å². The molecule has 0 atom stereocenters. The van der Waals surface area contributed by atoms with E-state index >= 15 is 0 Å². The van der Waals surface area contributed by atoms with Crippen molar-refractivity contribution in [2.24, 2.45) is 0 Å². The maximum atomic E-state index is 12.5. The van der Waals surface area contributed by atoms with Crippen molar-refractivity contribution < 1.29 is 14.1 Å². The summed E-state index contributed by atoms with van der Waals surface area (Å²) in [6.07, 6.45) is 0. The van der Waals surface area contributed by atoms with Gasteiger partial charge < -0.3 is 14.2 Å². The zero-order valence-electron chi connectivity index (χ0n) is 16.6. The number of carbonyl (C=O) groups excluding carboxylic acids is 1. The molecule has 1 aromatic heterocycles. The molecular formula is C23H20BrN3O3. The molecule has 30 heavy (non-hydrogen) atoms. The molecule has 3 aromatic carbocycles. The van der Waals surface area contributed by atoms with Crippen LogP contribution in [-0.2, 0) is 11.3 Å². The monoisotopic (exact) mass is 465 g/mol. The van der Waals surface area contributed by atoms with Gasteiger partial charge in [0.15, 0.2) is 6.61 Å². The Morgan fingerprint density at radius 1 is 1.10 bits per heavy atom. The summed E-state index contributed by atoms with van der Waals surface area (Å²) in [6, 6.07) is 19.6. The number of hydrogen-bond donors (Lipinski definition) is 0. The minimum absolute atomic E-state index is 0.0909. The first-order valence-corrected chi connectivity index (χ1v) is 10.2. The number of carbonyl (C=O) groups is 1. The van der Waals surface area contributed by atoms with Crippen molar-refractivity contribution in [1.82, 2.24) is 15.0 Å². The lowest BCUT2D eigenvalue weighted by Gasteiger charge is -2.16. The molecular weight excluding hydrogens is 446 g/mol. The fourth-order valence-corrected chi connectivity index (χ4v) is 3.61. The van der Waals surface area contributed by atoms with Gasteiger partial charge in [-0.05, 0) is 39.7 Å². The van der Waals surface area contributed by atoms with Crippen molar-refractivity contribution in [2.75, 3.05) is 13.7 Å². The van der Waals surface area contributed by atoms with E-state index in [1.807, 2.05) is 67.6 Å². The Balaban J connectivity index is 1.38. The van der Waals surface area contributed by atoms with Gasteiger partial charge in [-0.25, -0.2) is 0 Å². The number of hydrogen-bond acceptors (Lipinski definition) is 5. The summed E-state index contributed by atoms with van der Waals surface area (Å²) in [4.78, 5) is 18.4. The van der Waals surface area contributed by atoms with Gasteiger partial charge in [0.1, 0.15) is 5.75 Å². The van der Waals surface area contributed by atoms with Gasteiger partial charge in [-0.1, -0.05) is 65.3 Å². The number of benzene rings is 3. The van der Waals surface area contributed by atoms with Gasteiger partial charge in [0, 0.05) is 12.6 Å². The maximum absolute atomic E-state index is 12.5. The van der Waals surface area contributed by atoms with Gasteiger partial charge in [-0.3, -0.25) is 4.79 Å². The number of fused-ring (bicyclic) bond motifs is 1. The van der Waals surface area contributed by atoms with E-state index in [2.05, 4.69) is 26.1 Å². The molecule has 0 unspecified atom stereocenters. The van der Waals surface area contributed by atoms with Crippen LogP contribution in [0.15, 0.2) is 69.7 Å². The minimum Gasteiger partial charge on any atom is -0.483 e. The molecule has 7 heteroatoms. The van der Waals surface area contributed by atoms with Crippen molar-refractivity contribution >= 4 is 32.6 Å². The summed E-state index contributed by atoms with van der Waals surface area (Å²) in [6.45, 7) is 2.14. The van der Waals surface area contributed by atoms with Gasteiger partial charge in [0.2, 0.25) is 11.7 Å². The first-order valence-electron chi connectivity index (χ1n) is 9.45. The van der Waals surface area contributed by atoms with Crippen LogP contribution in [0.3, 0.4) is 0 Å². The Morgan fingerprint density at radius 2 is 1.87 bits per heavy atom. The number of ether oxygens (including phenoxy) is 1. The van der Waals surface area contributed by atoms with Crippen LogP contribution in [0.1, 0.15) is 11.5 Å². The van der Waals surface area contributed by atoms with E-state index in [-0.39, 0.29) is 19.1 Å². The maximum Gasteiger partial charge on any atom is 0.260 e. The third-order valence-electron chi connectivity index (χ3n) is 4.76. The molecule has 0 saturated carbocycles. The van der Waals surface area contributed by atoms with Crippen molar-refractivity contribution in [3.63, 3.8) is 0 Å². The van der Waals surface area contributed by atoms with Crippen LogP contribution < -0.4 is 4.74 Å². The fourth-order valence-electron chi connectivity index (χ4n) is 3.00. The summed E-state index contributed by atoms with van der Waals surface area (Å²) in [5.74, 6) is 1.30. The van der Waals surface area contributed by atoms with E-state index in [1.165, 1.54) is 4.90 Å². The Labute approximate surface area is 182 Å². The first-order chi connectivity index (χ1) is 14.5. The number of rotatable bonds is 6. The van der Waals surface area contributed by atoms with Crippen LogP contribution in [0.25, 0.3) is 22.2 Å². The molecule has 6 nitrogen and oxygen atoms in total. The Kier molecular flexibility index (Phi) is 5.81. The molecule has 1 heterocycles. The average molecular weight is 466 g/mol. The SMILES string of the molecule is Cc1ccc(-c2noc(CN(C)C(=O)COc3ccc4ccccc4c3Br)n2)cc1. The highest BCUT2D eigenvalue weighted by atomic mass is 79.9. The molecule has 0 bridgehead atoms. The van der Waals surface area contributed by atoms with Crippen molar-refractivity contribution in [3.8, 4) is 17.1 Å². The van der Waals surface area contributed by atoms with Crippen LogP contribution in [0.5, 0.6) is 5.75 Å². The molecule has 0 aliphatic heterocycles. The Bertz CT molecular complexity index is 1190. The minimum atomic E-state index is -0.190. The molecule has 1 amide bonds. The van der Waals surface area contributed by atoms with Crippen molar-refractivity contribution in [3.05, 3.63) is 76.6 Å². The number of aryl methyl sites for hydroxylation is 1. The van der Waals surface area contributed by atoms with Crippen LogP contribution in [0.4, 0.5) is 0 Å². The van der Waals surface area contributed by atoms with E-state index in [0.29, 0.717) is 17.5 Å². The zero-order valence-corrected chi connectivity index (χ0v) is 18.2. The molecule has 0 aliphatic carbocycles. The molecule has 4 aromatic rings. The number of amides is 1. The molecule has 0 N–H and O–H groups in total. The Hall–Kier alpha value is -3.19. The second kappa shape index (κ2) is 8.67. The first kappa shape index (κ1) is 20.1. The fraction of sp³-hybridized carbons (Fsp3) is 0.174. The zero-order chi connectivity index (χ0) is 21.1. The van der Waals surface area contributed by atoms with E-state index in [9.17, 15) is 4.79 Å². The normalized spacial score (nSPS) is 10.9. The third kappa shape index (κ3) is 4.36. The predicted molar refractivity (Wildman–Crippen MR) is 118 cm³/mol. The number of likely N-dealkylation sites (N-methyl/N-ethyl adjacent to an activating group) is 1. The molecule has 0 aliphatic rings. The van der Waals surface area contributed by atoms with Crippen LogP contribution in [0, 0.1) is 6.92 Å². The van der Waals surface area contributed by atoms with E-state index in [0.717, 1.165) is 26.4 Å². The standard InChI is InChI=1S/C23H20BrN3O3/c1-15-7-9-17(10-8-15)23-25-20(30-26-23)13-27(2)21(28)14-29-19-12-11-16-5-3-4-6-18(16)22(19)24/h3-12H,13-14H2,1-2H3. The number of aromatic nitrogens is 2. The van der Waals surface area contributed by atoms with Crippen molar-refractivity contribution in [1.29, 1.82) is 0 Å². The summed E-state index contributed by atoms with van der Waals surface area (Å²) in [5.41, 5.74) is 2.03. The van der Waals surface area contributed by atoms with Crippen LogP contribution >= 0.6 is 15.9 Å². The highest BCUT2D eigenvalue weighted by Crippen LogP contribution is 2.33. The largest absolute Gasteiger partial charge is 0.483 e. The van der Waals surface area contributed by atoms with Crippen LogP contribution in [-0.4, -0.2) is 34.6 Å². The summed E-state index contributed by atoms with van der Waals surface area (Å²) in [7, 11) is 1.68. The molecule has 152 valence electrons.